The quantitative estimate of drug-likeness (QED) is 0.698. The molecule has 6 nitrogen and oxygen atoms in total. The fourth-order valence-electron chi connectivity index (χ4n) is 2.32. The third-order valence-corrected chi connectivity index (χ3v) is 3.62. The van der Waals surface area contributed by atoms with Gasteiger partial charge in [-0.2, -0.15) is 0 Å². The van der Waals surface area contributed by atoms with Gasteiger partial charge in [0.1, 0.15) is 5.82 Å². The SMILES string of the molecule is CCCc1ccc(NC(=O)CNc2ccc(F)c(NC(=O)OC)c2)cc1. The number of rotatable bonds is 7. The number of hydrogen-bond donors (Lipinski definition) is 3. The molecule has 138 valence electrons. The fraction of sp³-hybridized carbons (Fsp3) is 0.263. The fourth-order valence-corrected chi connectivity index (χ4v) is 2.32. The Bertz CT molecular complexity index is 763. The van der Waals surface area contributed by atoms with Crippen molar-refractivity contribution in [1.29, 1.82) is 0 Å². The number of carbonyl (C=O) groups is 2. The van der Waals surface area contributed by atoms with Gasteiger partial charge in [0.15, 0.2) is 0 Å². The Kier molecular flexibility index (Phi) is 6.96. The van der Waals surface area contributed by atoms with E-state index in [-0.39, 0.29) is 18.1 Å². The summed E-state index contributed by atoms with van der Waals surface area (Å²) >= 11 is 0. The molecule has 3 N–H and O–H groups in total. The summed E-state index contributed by atoms with van der Waals surface area (Å²) in [4.78, 5) is 23.2. The number of nitrogens with one attached hydrogen (secondary N) is 3. The van der Waals surface area contributed by atoms with Crippen LogP contribution in [0.5, 0.6) is 0 Å². The highest BCUT2D eigenvalue weighted by molar-refractivity contribution is 5.94. The van der Waals surface area contributed by atoms with Crippen molar-refractivity contribution in [3.05, 3.63) is 53.8 Å². The molecule has 0 aliphatic carbocycles. The van der Waals surface area contributed by atoms with E-state index in [1.807, 2.05) is 24.3 Å². The molecular formula is C19H22FN3O3. The molecule has 0 aromatic heterocycles. The van der Waals surface area contributed by atoms with Crippen LogP contribution in [0.25, 0.3) is 0 Å². The zero-order valence-corrected chi connectivity index (χ0v) is 14.8. The minimum atomic E-state index is -0.773. The van der Waals surface area contributed by atoms with E-state index < -0.39 is 11.9 Å². The molecule has 26 heavy (non-hydrogen) atoms. The normalized spacial score (nSPS) is 10.1. The van der Waals surface area contributed by atoms with E-state index in [1.54, 1.807) is 0 Å². The third kappa shape index (κ3) is 5.77. The predicted molar refractivity (Wildman–Crippen MR) is 100.0 cm³/mol. The Balaban J connectivity index is 1.90. The van der Waals surface area contributed by atoms with E-state index in [9.17, 15) is 14.0 Å². The van der Waals surface area contributed by atoms with E-state index in [0.29, 0.717) is 11.4 Å². The van der Waals surface area contributed by atoms with Crippen LogP contribution in [0.4, 0.5) is 26.2 Å². The second-order valence-corrected chi connectivity index (χ2v) is 5.66. The standard InChI is InChI=1S/C19H22FN3O3/c1-3-4-13-5-7-14(8-6-13)22-18(24)12-21-15-9-10-16(20)17(11-15)23-19(25)26-2/h5-11,21H,3-4,12H2,1-2H3,(H,22,24)(H,23,25). The van der Waals surface area contributed by atoms with E-state index in [0.717, 1.165) is 12.8 Å². The lowest BCUT2D eigenvalue weighted by atomic mass is 10.1. The molecule has 0 radical (unpaired) electrons. The van der Waals surface area contributed by atoms with Crippen molar-refractivity contribution in [2.45, 2.75) is 19.8 Å². The van der Waals surface area contributed by atoms with Crippen molar-refractivity contribution < 1.29 is 18.7 Å². The van der Waals surface area contributed by atoms with Crippen molar-refractivity contribution in [2.75, 3.05) is 29.6 Å². The summed E-state index contributed by atoms with van der Waals surface area (Å²) in [7, 11) is 1.19. The molecule has 0 saturated heterocycles. The molecule has 0 heterocycles. The summed E-state index contributed by atoms with van der Waals surface area (Å²) in [6.07, 6.45) is 1.30. The Morgan fingerprint density at radius 3 is 2.38 bits per heavy atom. The van der Waals surface area contributed by atoms with Crippen LogP contribution in [0.1, 0.15) is 18.9 Å². The van der Waals surface area contributed by atoms with Crippen LogP contribution in [0.2, 0.25) is 0 Å². The first-order valence-electron chi connectivity index (χ1n) is 8.29. The van der Waals surface area contributed by atoms with E-state index >= 15 is 0 Å². The smallest absolute Gasteiger partial charge is 0.411 e. The van der Waals surface area contributed by atoms with Crippen LogP contribution in [0.15, 0.2) is 42.5 Å². The van der Waals surface area contributed by atoms with Gasteiger partial charge in [-0.05, 0) is 42.3 Å². The Morgan fingerprint density at radius 1 is 1.04 bits per heavy atom. The maximum atomic E-state index is 13.7. The molecule has 2 aromatic rings. The highest BCUT2D eigenvalue weighted by atomic mass is 19.1. The van der Waals surface area contributed by atoms with Gasteiger partial charge in [-0.1, -0.05) is 25.5 Å². The Labute approximate surface area is 151 Å². The lowest BCUT2D eigenvalue weighted by Crippen LogP contribution is -2.22. The molecule has 0 fully saturated rings. The number of hydrogen-bond acceptors (Lipinski definition) is 4. The molecule has 0 bridgehead atoms. The topological polar surface area (TPSA) is 79.5 Å². The second-order valence-electron chi connectivity index (χ2n) is 5.66. The van der Waals surface area contributed by atoms with Gasteiger partial charge in [0.05, 0.1) is 19.3 Å². The lowest BCUT2D eigenvalue weighted by Gasteiger charge is -2.11. The number of amides is 2. The first kappa shape index (κ1) is 19.2. The molecule has 0 aliphatic heterocycles. The Morgan fingerprint density at radius 2 is 1.73 bits per heavy atom. The highest BCUT2D eigenvalue weighted by Crippen LogP contribution is 2.20. The molecular weight excluding hydrogens is 337 g/mol. The van der Waals surface area contributed by atoms with Crippen LogP contribution in [0, 0.1) is 5.82 Å². The molecule has 0 saturated carbocycles. The van der Waals surface area contributed by atoms with E-state index in [2.05, 4.69) is 27.6 Å². The number of aryl methyl sites for hydroxylation is 1. The van der Waals surface area contributed by atoms with Gasteiger partial charge >= 0.3 is 6.09 Å². The first-order chi connectivity index (χ1) is 12.5. The van der Waals surface area contributed by atoms with Crippen LogP contribution in [0.3, 0.4) is 0 Å². The molecule has 2 amide bonds. The second kappa shape index (κ2) is 9.41. The average Bonchev–Trinajstić information content (AvgIpc) is 2.64. The molecule has 0 atom stereocenters. The molecule has 0 aliphatic rings. The summed E-state index contributed by atoms with van der Waals surface area (Å²) in [6, 6.07) is 11.7. The zero-order valence-electron chi connectivity index (χ0n) is 14.8. The number of methoxy groups -OCH3 is 1. The predicted octanol–water partition coefficient (Wildman–Crippen LogP) is 4.01. The minimum absolute atomic E-state index is 0.00000795. The number of halogens is 1. The van der Waals surface area contributed by atoms with E-state index in [4.69, 9.17) is 0 Å². The zero-order chi connectivity index (χ0) is 18.9. The highest BCUT2D eigenvalue weighted by Gasteiger charge is 2.09. The Hall–Kier alpha value is -3.09. The van der Waals surface area contributed by atoms with Crippen LogP contribution < -0.4 is 16.0 Å². The van der Waals surface area contributed by atoms with Crippen LogP contribution in [-0.2, 0) is 16.0 Å². The average molecular weight is 359 g/mol. The number of benzene rings is 2. The van der Waals surface area contributed by atoms with Gasteiger partial charge in [0.2, 0.25) is 5.91 Å². The molecule has 0 spiro atoms. The van der Waals surface area contributed by atoms with Crippen molar-refractivity contribution in [3.8, 4) is 0 Å². The molecule has 2 rings (SSSR count). The maximum absolute atomic E-state index is 13.7. The maximum Gasteiger partial charge on any atom is 0.411 e. The molecule has 0 unspecified atom stereocenters. The number of ether oxygens (including phenoxy) is 1. The van der Waals surface area contributed by atoms with Crippen molar-refractivity contribution in [1.82, 2.24) is 0 Å². The lowest BCUT2D eigenvalue weighted by molar-refractivity contribution is -0.114. The van der Waals surface area contributed by atoms with Crippen molar-refractivity contribution in [3.63, 3.8) is 0 Å². The summed E-state index contributed by atoms with van der Waals surface area (Å²) in [5, 5.41) is 7.93. The van der Waals surface area contributed by atoms with Crippen LogP contribution in [-0.4, -0.2) is 25.7 Å². The van der Waals surface area contributed by atoms with Gasteiger partial charge in [-0.3, -0.25) is 10.1 Å². The summed E-state index contributed by atoms with van der Waals surface area (Å²) < 4.78 is 18.1. The molecule has 7 heteroatoms. The summed E-state index contributed by atoms with van der Waals surface area (Å²) in [6.45, 7) is 2.11. The van der Waals surface area contributed by atoms with Gasteiger partial charge in [0.25, 0.3) is 0 Å². The van der Waals surface area contributed by atoms with E-state index in [1.165, 1.54) is 30.9 Å². The number of carbonyl (C=O) groups excluding carboxylic acids is 2. The third-order valence-electron chi connectivity index (χ3n) is 3.62. The van der Waals surface area contributed by atoms with Gasteiger partial charge < -0.3 is 15.4 Å². The monoisotopic (exact) mass is 359 g/mol. The van der Waals surface area contributed by atoms with Crippen molar-refractivity contribution in [2.24, 2.45) is 0 Å². The van der Waals surface area contributed by atoms with Gasteiger partial charge in [0, 0.05) is 11.4 Å². The van der Waals surface area contributed by atoms with Gasteiger partial charge in [-0.25, -0.2) is 9.18 Å². The summed E-state index contributed by atoms with van der Waals surface area (Å²) in [5.41, 5.74) is 2.39. The first-order valence-corrected chi connectivity index (χ1v) is 8.29. The van der Waals surface area contributed by atoms with Gasteiger partial charge in [-0.15, -0.1) is 0 Å². The minimum Gasteiger partial charge on any atom is -0.453 e. The number of anilines is 3. The summed E-state index contributed by atoms with van der Waals surface area (Å²) in [5.74, 6) is -0.836. The van der Waals surface area contributed by atoms with Crippen LogP contribution >= 0.6 is 0 Å². The molecule has 2 aromatic carbocycles. The van der Waals surface area contributed by atoms with Crippen molar-refractivity contribution >= 4 is 29.1 Å². The largest absolute Gasteiger partial charge is 0.453 e.